The quantitative estimate of drug-likeness (QED) is 0.694. The Balaban J connectivity index is 2.20. The molecule has 0 spiro atoms. The van der Waals surface area contributed by atoms with Gasteiger partial charge in [-0.1, -0.05) is 36.5 Å². The van der Waals surface area contributed by atoms with Gasteiger partial charge in [0.15, 0.2) is 0 Å². The molecule has 5 nitrogen and oxygen atoms in total. The molecule has 2 aromatic rings. The van der Waals surface area contributed by atoms with E-state index >= 15 is 0 Å². The predicted octanol–water partition coefficient (Wildman–Crippen LogP) is 3.38. The molecule has 0 bridgehead atoms. The van der Waals surface area contributed by atoms with E-state index in [1.165, 1.54) is 18.5 Å². The Morgan fingerprint density at radius 2 is 2.00 bits per heavy atom. The highest BCUT2D eigenvalue weighted by atomic mass is 35.5. The summed E-state index contributed by atoms with van der Waals surface area (Å²) in [5, 5.41) is 3.19. The molecule has 0 unspecified atom stereocenters. The lowest BCUT2D eigenvalue weighted by atomic mass is 10.1. The van der Waals surface area contributed by atoms with E-state index in [9.17, 15) is 4.79 Å². The third-order valence-electron chi connectivity index (χ3n) is 2.49. The fourth-order valence-electron chi connectivity index (χ4n) is 1.66. The molecule has 1 N–H and O–H groups in total. The van der Waals surface area contributed by atoms with Crippen molar-refractivity contribution in [3.8, 4) is 0 Å². The van der Waals surface area contributed by atoms with Gasteiger partial charge in [-0.3, -0.25) is 4.79 Å². The number of carbonyl (C=O) groups excluding carboxylic acids is 1. The summed E-state index contributed by atoms with van der Waals surface area (Å²) >= 11 is 11.7. The lowest BCUT2D eigenvalue weighted by molar-refractivity contribution is 0.102. The number of carbonyl (C=O) groups is 1. The second-order valence-electron chi connectivity index (χ2n) is 4.10. The number of rotatable bonds is 4. The minimum atomic E-state index is -0.318. The van der Waals surface area contributed by atoms with Crippen LogP contribution in [0.15, 0.2) is 24.5 Å². The Bertz CT molecular complexity index is 634. The van der Waals surface area contributed by atoms with Crippen molar-refractivity contribution >= 4 is 34.9 Å². The molecule has 7 heteroatoms. The van der Waals surface area contributed by atoms with E-state index in [-0.39, 0.29) is 11.1 Å². The number of anilines is 1. The average molecular weight is 311 g/mol. The van der Waals surface area contributed by atoms with Crippen LogP contribution >= 0.6 is 23.2 Å². The van der Waals surface area contributed by atoms with Gasteiger partial charge in [0.1, 0.15) is 22.5 Å². The van der Waals surface area contributed by atoms with Crippen molar-refractivity contribution in [2.75, 3.05) is 5.32 Å². The maximum Gasteiger partial charge on any atom is 0.256 e. The topological polar surface area (TPSA) is 67.8 Å². The number of pyridine rings is 1. The zero-order valence-electron chi connectivity index (χ0n) is 10.7. The normalized spacial score (nSPS) is 10.3. The first-order chi connectivity index (χ1) is 9.58. The fourth-order valence-corrected chi connectivity index (χ4v) is 2.03. The highest BCUT2D eigenvalue weighted by Crippen LogP contribution is 2.15. The summed E-state index contributed by atoms with van der Waals surface area (Å²) in [5.74, 6) is 0.0152. The molecule has 2 rings (SSSR count). The smallest absolute Gasteiger partial charge is 0.256 e. The molecule has 0 saturated carbocycles. The van der Waals surface area contributed by atoms with Crippen molar-refractivity contribution < 1.29 is 4.79 Å². The Morgan fingerprint density at radius 3 is 2.70 bits per heavy atom. The third-order valence-corrected chi connectivity index (χ3v) is 2.89. The summed E-state index contributed by atoms with van der Waals surface area (Å²) in [6, 6.07) is 4.70. The lowest BCUT2D eigenvalue weighted by Gasteiger charge is -2.06. The Morgan fingerprint density at radius 1 is 1.20 bits per heavy atom. The van der Waals surface area contributed by atoms with Gasteiger partial charge in [-0.05, 0) is 18.6 Å². The van der Waals surface area contributed by atoms with Crippen LogP contribution in [0.25, 0.3) is 0 Å². The van der Waals surface area contributed by atoms with Gasteiger partial charge >= 0.3 is 0 Å². The maximum absolute atomic E-state index is 12.1. The SMILES string of the molecule is CCCc1cc(C(=O)Nc2cc(Cl)ncn2)cc(Cl)n1. The molecule has 0 aliphatic carbocycles. The number of nitrogens with one attached hydrogen (secondary N) is 1. The first-order valence-corrected chi connectivity index (χ1v) is 6.79. The fraction of sp³-hybridized carbons (Fsp3) is 0.231. The largest absolute Gasteiger partial charge is 0.306 e. The molecule has 0 aromatic carbocycles. The van der Waals surface area contributed by atoms with Crippen LogP contribution in [-0.2, 0) is 6.42 Å². The van der Waals surface area contributed by atoms with Crippen LogP contribution in [0.4, 0.5) is 5.82 Å². The monoisotopic (exact) mass is 310 g/mol. The van der Waals surface area contributed by atoms with Gasteiger partial charge in [0.05, 0.1) is 0 Å². The van der Waals surface area contributed by atoms with Crippen molar-refractivity contribution in [3.63, 3.8) is 0 Å². The van der Waals surface area contributed by atoms with Crippen LogP contribution in [0.3, 0.4) is 0 Å². The zero-order valence-corrected chi connectivity index (χ0v) is 12.2. The standard InChI is InChI=1S/C13H12Cl2N4O/c1-2-3-9-4-8(5-11(15)18-9)13(20)19-12-6-10(14)16-7-17-12/h4-7H,2-3H2,1H3,(H,16,17,19,20). The van der Waals surface area contributed by atoms with E-state index in [0.29, 0.717) is 16.5 Å². The summed E-state index contributed by atoms with van der Waals surface area (Å²) in [4.78, 5) is 24.0. The second-order valence-corrected chi connectivity index (χ2v) is 4.87. The second kappa shape index (κ2) is 6.63. The van der Waals surface area contributed by atoms with E-state index in [1.54, 1.807) is 6.07 Å². The molecular formula is C13H12Cl2N4O. The number of hydrogen-bond acceptors (Lipinski definition) is 4. The van der Waals surface area contributed by atoms with Gasteiger partial charge in [0.2, 0.25) is 0 Å². The summed E-state index contributed by atoms with van der Waals surface area (Å²) < 4.78 is 0. The number of aryl methyl sites for hydroxylation is 1. The number of hydrogen-bond donors (Lipinski definition) is 1. The maximum atomic E-state index is 12.1. The number of aromatic nitrogens is 3. The molecule has 0 aliphatic rings. The van der Waals surface area contributed by atoms with Crippen molar-refractivity contribution in [2.24, 2.45) is 0 Å². The minimum absolute atomic E-state index is 0.259. The van der Waals surface area contributed by atoms with Crippen LogP contribution in [0.2, 0.25) is 10.3 Å². The molecule has 104 valence electrons. The van der Waals surface area contributed by atoms with E-state index in [1.807, 2.05) is 6.92 Å². The van der Waals surface area contributed by atoms with Crippen molar-refractivity contribution in [1.29, 1.82) is 0 Å². The van der Waals surface area contributed by atoms with Crippen molar-refractivity contribution in [2.45, 2.75) is 19.8 Å². The molecule has 0 radical (unpaired) electrons. The lowest BCUT2D eigenvalue weighted by Crippen LogP contribution is -2.14. The summed E-state index contributed by atoms with van der Waals surface area (Å²) in [5.41, 5.74) is 1.22. The van der Waals surface area contributed by atoms with Gasteiger partial charge in [0, 0.05) is 17.3 Å². The number of nitrogens with zero attached hydrogens (tertiary/aromatic N) is 3. The van der Waals surface area contributed by atoms with E-state index in [2.05, 4.69) is 20.3 Å². The van der Waals surface area contributed by atoms with Gasteiger partial charge in [0.25, 0.3) is 5.91 Å². The highest BCUT2D eigenvalue weighted by molar-refractivity contribution is 6.30. The molecule has 1 amide bonds. The van der Waals surface area contributed by atoms with Gasteiger partial charge in [-0.2, -0.15) is 0 Å². The Labute approximate surface area is 126 Å². The van der Waals surface area contributed by atoms with Crippen LogP contribution in [0, 0.1) is 0 Å². The first kappa shape index (κ1) is 14.7. The van der Waals surface area contributed by atoms with Gasteiger partial charge in [-0.25, -0.2) is 15.0 Å². The van der Waals surface area contributed by atoms with E-state index in [4.69, 9.17) is 23.2 Å². The van der Waals surface area contributed by atoms with Crippen molar-refractivity contribution in [3.05, 3.63) is 46.1 Å². The predicted molar refractivity (Wildman–Crippen MR) is 78.2 cm³/mol. The highest BCUT2D eigenvalue weighted by Gasteiger charge is 2.10. The van der Waals surface area contributed by atoms with E-state index in [0.717, 1.165) is 18.5 Å². The summed E-state index contributed by atoms with van der Waals surface area (Å²) in [7, 11) is 0. The van der Waals surface area contributed by atoms with Crippen molar-refractivity contribution in [1.82, 2.24) is 15.0 Å². The number of amides is 1. The van der Waals surface area contributed by atoms with Gasteiger partial charge < -0.3 is 5.32 Å². The summed E-state index contributed by atoms with van der Waals surface area (Å²) in [6.07, 6.45) is 2.97. The molecule has 2 heterocycles. The Kier molecular flexibility index (Phi) is 4.87. The van der Waals surface area contributed by atoms with Crippen LogP contribution in [0.5, 0.6) is 0 Å². The van der Waals surface area contributed by atoms with Crippen LogP contribution in [0.1, 0.15) is 29.4 Å². The molecule has 20 heavy (non-hydrogen) atoms. The number of halogens is 2. The van der Waals surface area contributed by atoms with Gasteiger partial charge in [-0.15, -0.1) is 0 Å². The molecule has 0 saturated heterocycles. The minimum Gasteiger partial charge on any atom is -0.306 e. The molecular weight excluding hydrogens is 299 g/mol. The average Bonchev–Trinajstić information content (AvgIpc) is 2.38. The first-order valence-electron chi connectivity index (χ1n) is 6.04. The molecule has 2 aromatic heterocycles. The summed E-state index contributed by atoms with van der Waals surface area (Å²) in [6.45, 7) is 2.03. The van der Waals surface area contributed by atoms with E-state index < -0.39 is 0 Å². The molecule has 0 fully saturated rings. The third kappa shape index (κ3) is 3.88. The van der Waals surface area contributed by atoms with Crippen LogP contribution < -0.4 is 5.32 Å². The molecule has 0 aliphatic heterocycles. The zero-order chi connectivity index (χ0) is 14.5. The Hall–Kier alpha value is -1.72. The molecule has 0 atom stereocenters. The van der Waals surface area contributed by atoms with Crippen LogP contribution in [-0.4, -0.2) is 20.9 Å².